The maximum atomic E-state index is 11.1. The zero-order chi connectivity index (χ0) is 10.6. The van der Waals surface area contributed by atoms with Crippen LogP contribution in [0.15, 0.2) is 0 Å². The molecular formula is C7H16N2O3S. The lowest BCUT2D eigenvalue weighted by molar-refractivity contribution is 0.239. The fourth-order valence-electron chi connectivity index (χ4n) is 0.767. The Morgan fingerprint density at radius 3 is 2.08 bits per heavy atom. The Bertz CT molecular complexity index is 273. The number of amides is 2. The summed E-state index contributed by atoms with van der Waals surface area (Å²) in [5.74, 6) is 0. The van der Waals surface area contributed by atoms with Gasteiger partial charge in [0.15, 0.2) is 9.84 Å². The average Bonchev–Trinajstić information content (AvgIpc) is 2.01. The third-order valence-corrected chi connectivity index (χ3v) is 3.72. The maximum absolute atomic E-state index is 11.1. The van der Waals surface area contributed by atoms with Crippen molar-refractivity contribution in [2.45, 2.75) is 25.1 Å². The molecule has 2 N–H and O–H groups in total. The van der Waals surface area contributed by atoms with Crippen molar-refractivity contribution in [2.24, 2.45) is 0 Å². The van der Waals surface area contributed by atoms with E-state index in [-0.39, 0.29) is 6.03 Å². The Balaban J connectivity index is 4.28. The molecule has 0 aliphatic carbocycles. The first kappa shape index (κ1) is 12.2. The highest BCUT2D eigenvalue weighted by atomic mass is 32.2. The van der Waals surface area contributed by atoms with Gasteiger partial charge in [0.2, 0.25) is 0 Å². The molecule has 0 radical (unpaired) electrons. The smallest absolute Gasteiger partial charge is 0.314 e. The summed E-state index contributed by atoms with van der Waals surface area (Å²) in [7, 11) is -1.62. The maximum Gasteiger partial charge on any atom is 0.314 e. The van der Waals surface area contributed by atoms with E-state index in [4.69, 9.17) is 0 Å². The molecular weight excluding hydrogens is 192 g/mol. The van der Waals surface area contributed by atoms with Gasteiger partial charge in [-0.15, -0.1) is 0 Å². The van der Waals surface area contributed by atoms with Crippen LogP contribution in [0, 0.1) is 0 Å². The van der Waals surface area contributed by atoms with E-state index in [0.717, 1.165) is 6.26 Å². The van der Waals surface area contributed by atoms with E-state index >= 15 is 0 Å². The second-order valence-corrected chi connectivity index (χ2v) is 5.45. The second kappa shape index (κ2) is 4.45. The van der Waals surface area contributed by atoms with E-state index in [1.165, 1.54) is 7.05 Å². The molecule has 0 heterocycles. The number of urea groups is 1. The van der Waals surface area contributed by atoms with Crippen molar-refractivity contribution in [3.05, 3.63) is 0 Å². The van der Waals surface area contributed by atoms with Crippen LogP contribution in [0.4, 0.5) is 4.79 Å². The number of carbonyl (C=O) groups excluding carboxylic acids is 1. The molecule has 0 aromatic rings. The minimum atomic E-state index is -3.10. The van der Waals surface area contributed by atoms with Crippen molar-refractivity contribution in [3.63, 3.8) is 0 Å². The van der Waals surface area contributed by atoms with Gasteiger partial charge in [-0.2, -0.15) is 0 Å². The van der Waals surface area contributed by atoms with Crippen molar-refractivity contribution in [1.82, 2.24) is 10.6 Å². The molecule has 78 valence electrons. The molecule has 5 nitrogen and oxygen atoms in total. The summed E-state index contributed by atoms with van der Waals surface area (Å²) in [5, 5.41) is 4.29. The minimum Gasteiger partial charge on any atom is -0.341 e. The van der Waals surface area contributed by atoms with E-state index in [2.05, 4.69) is 10.6 Å². The van der Waals surface area contributed by atoms with Gasteiger partial charge >= 0.3 is 6.03 Å². The lowest BCUT2D eigenvalue weighted by Gasteiger charge is -2.19. The Kier molecular flexibility index (Phi) is 4.19. The number of hydrogen-bond donors (Lipinski definition) is 2. The summed E-state index contributed by atoms with van der Waals surface area (Å²) < 4.78 is 22.1. The lowest BCUT2D eigenvalue weighted by atomic mass is 10.2. The van der Waals surface area contributed by atoms with Gasteiger partial charge in [0.25, 0.3) is 0 Å². The molecule has 0 aliphatic rings. The summed E-state index contributed by atoms with van der Waals surface area (Å²) >= 11 is 0. The Labute approximate surface area is 78.8 Å². The number of rotatable bonds is 3. The summed E-state index contributed by atoms with van der Waals surface area (Å²) in [6.45, 7) is 3.22. The fraction of sp³-hybridized carbons (Fsp3) is 0.857. The molecule has 13 heavy (non-hydrogen) atoms. The molecule has 0 rings (SSSR count). The third-order valence-electron chi connectivity index (χ3n) is 1.97. The average molecular weight is 208 g/mol. The normalized spacial score (nSPS) is 16.0. The van der Waals surface area contributed by atoms with Gasteiger partial charge in [-0.1, -0.05) is 0 Å². The van der Waals surface area contributed by atoms with Crippen LogP contribution in [0.1, 0.15) is 13.8 Å². The largest absolute Gasteiger partial charge is 0.341 e. The first-order chi connectivity index (χ1) is 5.79. The molecule has 0 fully saturated rings. The van der Waals surface area contributed by atoms with E-state index in [0.29, 0.717) is 0 Å². The first-order valence-corrected chi connectivity index (χ1v) is 5.91. The third kappa shape index (κ3) is 4.12. The van der Waals surface area contributed by atoms with Crippen LogP contribution in [0.2, 0.25) is 0 Å². The van der Waals surface area contributed by atoms with Crippen molar-refractivity contribution < 1.29 is 13.2 Å². The minimum absolute atomic E-state index is 0.372. The predicted octanol–water partition coefficient (Wildman–Crippen LogP) is -0.263. The van der Waals surface area contributed by atoms with Crippen LogP contribution in [0.3, 0.4) is 0 Å². The van der Waals surface area contributed by atoms with Gasteiger partial charge in [-0.3, -0.25) is 0 Å². The fourth-order valence-corrected chi connectivity index (χ4v) is 1.58. The molecule has 0 aliphatic heterocycles. The monoisotopic (exact) mass is 208 g/mol. The molecule has 0 aromatic carbocycles. The Morgan fingerprint density at radius 2 is 1.77 bits per heavy atom. The van der Waals surface area contributed by atoms with E-state index < -0.39 is 21.1 Å². The summed E-state index contributed by atoms with van der Waals surface area (Å²) in [4.78, 5) is 10.8. The van der Waals surface area contributed by atoms with Crippen molar-refractivity contribution in [1.29, 1.82) is 0 Å². The molecule has 6 heteroatoms. The molecule has 0 saturated carbocycles. The lowest BCUT2D eigenvalue weighted by Crippen LogP contribution is -2.46. The molecule has 0 spiro atoms. The van der Waals surface area contributed by atoms with E-state index in [1.54, 1.807) is 13.8 Å². The van der Waals surface area contributed by atoms with Crippen LogP contribution in [0.5, 0.6) is 0 Å². The van der Waals surface area contributed by atoms with Gasteiger partial charge in [0, 0.05) is 19.3 Å². The Morgan fingerprint density at radius 1 is 1.31 bits per heavy atom. The van der Waals surface area contributed by atoms with Crippen LogP contribution in [0.25, 0.3) is 0 Å². The number of sulfone groups is 1. The first-order valence-electron chi connectivity index (χ1n) is 3.96. The molecule has 2 unspecified atom stereocenters. The van der Waals surface area contributed by atoms with Gasteiger partial charge in [0.05, 0.1) is 5.25 Å². The summed E-state index contributed by atoms with van der Waals surface area (Å²) in [6, 6.07) is -0.766. The molecule has 0 bridgehead atoms. The van der Waals surface area contributed by atoms with Gasteiger partial charge in [0.1, 0.15) is 0 Å². The highest BCUT2D eigenvalue weighted by molar-refractivity contribution is 7.91. The van der Waals surface area contributed by atoms with Crippen molar-refractivity contribution in [3.8, 4) is 0 Å². The van der Waals surface area contributed by atoms with Crippen LogP contribution >= 0.6 is 0 Å². The van der Waals surface area contributed by atoms with Crippen LogP contribution in [-0.2, 0) is 9.84 Å². The van der Waals surface area contributed by atoms with Gasteiger partial charge < -0.3 is 10.6 Å². The van der Waals surface area contributed by atoms with Crippen molar-refractivity contribution >= 4 is 15.9 Å². The van der Waals surface area contributed by atoms with Gasteiger partial charge in [-0.05, 0) is 13.8 Å². The van der Waals surface area contributed by atoms with E-state index in [9.17, 15) is 13.2 Å². The van der Waals surface area contributed by atoms with Gasteiger partial charge in [-0.25, -0.2) is 13.2 Å². The topological polar surface area (TPSA) is 75.3 Å². The standard InChI is InChI=1S/C7H16N2O3S/c1-5(9-7(10)8-3)6(2)13(4,11)12/h5-6H,1-4H3,(H2,8,9,10). The molecule has 2 atom stereocenters. The number of hydrogen-bond acceptors (Lipinski definition) is 3. The zero-order valence-electron chi connectivity index (χ0n) is 8.29. The highest BCUT2D eigenvalue weighted by Gasteiger charge is 2.22. The highest BCUT2D eigenvalue weighted by Crippen LogP contribution is 2.03. The zero-order valence-corrected chi connectivity index (χ0v) is 9.10. The Hall–Kier alpha value is -0.780. The number of carbonyl (C=O) groups is 1. The number of nitrogens with one attached hydrogen (secondary N) is 2. The van der Waals surface area contributed by atoms with E-state index in [1.807, 2.05) is 0 Å². The van der Waals surface area contributed by atoms with Crippen LogP contribution in [-0.4, -0.2) is 39.0 Å². The molecule has 0 saturated heterocycles. The van der Waals surface area contributed by atoms with Crippen LogP contribution < -0.4 is 10.6 Å². The quantitative estimate of drug-likeness (QED) is 0.671. The SMILES string of the molecule is CNC(=O)NC(C)C(C)S(C)(=O)=O. The predicted molar refractivity (Wildman–Crippen MR) is 51.4 cm³/mol. The summed E-state index contributed by atoms with van der Waals surface area (Å²) in [6.07, 6.45) is 1.15. The molecule has 2 amide bonds. The summed E-state index contributed by atoms with van der Waals surface area (Å²) in [5.41, 5.74) is 0. The molecule has 0 aromatic heterocycles. The second-order valence-electron chi connectivity index (χ2n) is 3.05. The van der Waals surface area contributed by atoms with Crippen molar-refractivity contribution in [2.75, 3.05) is 13.3 Å².